The average Bonchev–Trinajstić information content (AvgIpc) is 2.67. The van der Waals surface area contributed by atoms with Crippen molar-refractivity contribution in [1.29, 1.82) is 0 Å². The van der Waals surface area contributed by atoms with Crippen LogP contribution in [0.4, 0.5) is 0 Å². The van der Waals surface area contributed by atoms with Gasteiger partial charge in [0.1, 0.15) is 0 Å². The summed E-state index contributed by atoms with van der Waals surface area (Å²) in [6, 6.07) is 12.2. The molecule has 2 nitrogen and oxygen atoms in total. The maximum atomic E-state index is 3.72. The molecule has 0 aromatic heterocycles. The molecule has 0 bridgehead atoms. The topological polar surface area (TPSA) is 15.3 Å². The molecule has 0 aliphatic carbocycles. The molecule has 2 rings (SSSR count). The normalized spacial score (nSPS) is 21.5. The lowest BCUT2D eigenvalue weighted by molar-refractivity contribution is 0.182. The molecule has 1 unspecified atom stereocenters. The minimum Gasteiger partial charge on any atom is -0.312 e. The van der Waals surface area contributed by atoms with E-state index in [1.807, 2.05) is 0 Å². The standard InChI is InChI=1S/C17H28N2/c1-3-17(4-2)19-12-8-11-18-16(14-19)13-15-9-6-5-7-10-15/h5-7,9-10,16-18H,3-4,8,11-14H2,1-2H3. The first-order valence-corrected chi connectivity index (χ1v) is 7.84. The van der Waals surface area contributed by atoms with Crippen molar-refractivity contribution < 1.29 is 0 Å². The van der Waals surface area contributed by atoms with Crippen molar-refractivity contribution in [3.63, 3.8) is 0 Å². The Kier molecular flexibility index (Phi) is 5.87. The predicted molar refractivity (Wildman–Crippen MR) is 82.5 cm³/mol. The molecule has 0 amide bonds. The summed E-state index contributed by atoms with van der Waals surface area (Å²) in [5, 5.41) is 3.72. The van der Waals surface area contributed by atoms with Crippen LogP contribution in [0.5, 0.6) is 0 Å². The first-order valence-electron chi connectivity index (χ1n) is 7.84. The summed E-state index contributed by atoms with van der Waals surface area (Å²) in [4.78, 5) is 2.70. The predicted octanol–water partition coefficient (Wildman–Crippen LogP) is 3.08. The van der Waals surface area contributed by atoms with Crippen molar-refractivity contribution in [2.75, 3.05) is 19.6 Å². The molecule has 1 saturated heterocycles. The number of rotatable bonds is 5. The fourth-order valence-electron chi connectivity index (χ4n) is 3.20. The van der Waals surface area contributed by atoms with E-state index in [1.165, 1.54) is 37.9 Å². The quantitative estimate of drug-likeness (QED) is 0.875. The molecule has 1 fully saturated rings. The maximum absolute atomic E-state index is 3.72. The minimum absolute atomic E-state index is 0.602. The zero-order valence-corrected chi connectivity index (χ0v) is 12.4. The fraction of sp³-hybridized carbons (Fsp3) is 0.647. The van der Waals surface area contributed by atoms with Crippen LogP contribution in [0, 0.1) is 0 Å². The van der Waals surface area contributed by atoms with Crippen LogP contribution in [0.1, 0.15) is 38.7 Å². The molecule has 1 atom stereocenters. The van der Waals surface area contributed by atoms with Gasteiger partial charge in [-0.3, -0.25) is 4.90 Å². The Labute approximate surface area is 118 Å². The van der Waals surface area contributed by atoms with Gasteiger partial charge >= 0.3 is 0 Å². The number of benzene rings is 1. The molecule has 1 heterocycles. The summed E-state index contributed by atoms with van der Waals surface area (Å²) >= 11 is 0. The number of hydrogen-bond donors (Lipinski definition) is 1. The van der Waals surface area contributed by atoms with Crippen molar-refractivity contribution in [2.45, 2.75) is 51.6 Å². The second kappa shape index (κ2) is 7.66. The van der Waals surface area contributed by atoms with E-state index < -0.39 is 0 Å². The van der Waals surface area contributed by atoms with Crippen molar-refractivity contribution in [1.82, 2.24) is 10.2 Å². The summed E-state index contributed by atoms with van der Waals surface area (Å²) in [6.45, 7) is 8.25. The lowest BCUT2D eigenvalue weighted by Crippen LogP contribution is -2.43. The highest BCUT2D eigenvalue weighted by atomic mass is 15.2. The molecule has 1 aromatic rings. The van der Waals surface area contributed by atoms with E-state index in [4.69, 9.17) is 0 Å². The second-order valence-corrected chi connectivity index (χ2v) is 5.66. The van der Waals surface area contributed by atoms with E-state index in [-0.39, 0.29) is 0 Å². The third-order valence-electron chi connectivity index (χ3n) is 4.29. The van der Waals surface area contributed by atoms with Crippen molar-refractivity contribution in [2.24, 2.45) is 0 Å². The van der Waals surface area contributed by atoms with Gasteiger partial charge in [-0.2, -0.15) is 0 Å². The molecule has 0 spiro atoms. The highest BCUT2D eigenvalue weighted by Gasteiger charge is 2.22. The smallest absolute Gasteiger partial charge is 0.0235 e. The number of hydrogen-bond acceptors (Lipinski definition) is 2. The molecule has 19 heavy (non-hydrogen) atoms. The van der Waals surface area contributed by atoms with Crippen LogP contribution in [0.2, 0.25) is 0 Å². The Hall–Kier alpha value is -0.860. The Bertz CT molecular complexity index is 346. The molecule has 2 heteroatoms. The van der Waals surface area contributed by atoms with Gasteiger partial charge in [-0.25, -0.2) is 0 Å². The van der Waals surface area contributed by atoms with E-state index >= 15 is 0 Å². The monoisotopic (exact) mass is 260 g/mol. The van der Waals surface area contributed by atoms with Crippen molar-refractivity contribution in [3.05, 3.63) is 35.9 Å². The van der Waals surface area contributed by atoms with Gasteiger partial charge in [-0.15, -0.1) is 0 Å². The van der Waals surface area contributed by atoms with Crippen LogP contribution in [-0.4, -0.2) is 36.6 Å². The second-order valence-electron chi connectivity index (χ2n) is 5.66. The zero-order valence-electron chi connectivity index (χ0n) is 12.4. The summed E-state index contributed by atoms with van der Waals surface area (Å²) < 4.78 is 0. The van der Waals surface area contributed by atoms with Crippen LogP contribution in [-0.2, 0) is 6.42 Å². The zero-order chi connectivity index (χ0) is 13.5. The molecule has 1 aliphatic rings. The van der Waals surface area contributed by atoms with Crippen molar-refractivity contribution >= 4 is 0 Å². The van der Waals surface area contributed by atoms with E-state index in [0.29, 0.717) is 6.04 Å². The lowest BCUT2D eigenvalue weighted by Gasteiger charge is -2.31. The molecule has 1 aliphatic heterocycles. The Balaban J connectivity index is 1.96. The third-order valence-corrected chi connectivity index (χ3v) is 4.29. The van der Waals surface area contributed by atoms with Gasteiger partial charge in [0.05, 0.1) is 0 Å². The largest absolute Gasteiger partial charge is 0.312 e. The first kappa shape index (κ1) is 14.5. The minimum atomic E-state index is 0.602. The summed E-state index contributed by atoms with van der Waals surface area (Å²) in [5.74, 6) is 0. The van der Waals surface area contributed by atoms with E-state index in [1.54, 1.807) is 0 Å². The van der Waals surface area contributed by atoms with Crippen LogP contribution in [0.15, 0.2) is 30.3 Å². The van der Waals surface area contributed by atoms with Gasteiger partial charge in [0.25, 0.3) is 0 Å². The van der Waals surface area contributed by atoms with E-state index in [0.717, 1.165) is 19.0 Å². The Morgan fingerprint density at radius 2 is 1.95 bits per heavy atom. The van der Waals surface area contributed by atoms with Crippen LogP contribution < -0.4 is 5.32 Å². The first-order chi connectivity index (χ1) is 9.33. The summed E-state index contributed by atoms with van der Waals surface area (Å²) in [5.41, 5.74) is 1.45. The molecule has 0 radical (unpaired) electrons. The van der Waals surface area contributed by atoms with Crippen molar-refractivity contribution in [3.8, 4) is 0 Å². The van der Waals surface area contributed by atoms with Crippen LogP contribution in [0.3, 0.4) is 0 Å². The molecular weight excluding hydrogens is 232 g/mol. The average molecular weight is 260 g/mol. The molecule has 106 valence electrons. The maximum Gasteiger partial charge on any atom is 0.0235 e. The van der Waals surface area contributed by atoms with Gasteiger partial charge in [-0.05, 0) is 44.3 Å². The van der Waals surface area contributed by atoms with Gasteiger partial charge in [0.15, 0.2) is 0 Å². The van der Waals surface area contributed by atoms with Gasteiger partial charge in [0.2, 0.25) is 0 Å². The number of nitrogens with one attached hydrogen (secondary N) is 1. The van der Waals surface area contributed by atoms with Crippen LogP contribution >= 0.6 is 0 Å². The fourth-order valence-corrected chi connectivity index (χ4v) is 3.20. The molecule has 1 aromatic carbocycles. The van der Waals surface area contributed by atoms with E-state index in [2.05, 4.69) is 54.4 Å². The highest BCUT2D eigenvalue weighted by molar-refractivity contribution is 5.16. The summed E-state index contributed by atoms with van der Waals surface area (Å²) in [6.07, 6.45) is 4.97. The Morgan fingerprint density at radius 3 is 2.63 bits per heavy atom. The Morgan fingerprint density at radius 1 is 1.21 bits per heavy atom. The highest BCUT2D eigenvalue weighted by Crippen LogP contribution is 2.14. The molecular formula is C17H28N2. The van der Waals surface area contributed by atoms with Gasteiger partial charge in [-0.1, -0.05) is 44.2 Å². The lowest BCUT2D eigenvalue weighted by atomic mass is 10.0. The van der Waals surface area contributed by atoms with Crippen LogP contribution in [0.25, 0.3) is 0 Å². The molecule has 0 saturated carbocycles. The van der Waals surface area contributed by atoms with Gasteiger partial charge in [0, 0.05) is 18.6 Å². The molecule has 1 N–H and O–H groups in total. The van der Waals surface area contributed by atoms with Gasteiger partial charge < -0.3 is 5.32 Å². The van der Waals surface area contributed by atoms with E-state index in [9.17, 15) is 0 Å². The third kappa shape index (κ3) is 4.32. The summed E-state index contributed by atoms with van der Waals surface area (Å²) in [7, 11) is 0. The SMILES string of the molecule is CCC(CC)N1CCCNC(Cc2ccccc2)C1. The number of nitrogens with zero attached hydrogens (tertiary/aromatic N) is 1.